The molecule has 0 aliphatic heterocycles. The Morgan fingerprint density at radius 1 is 1.04 bits per heavy atom. The molecule has 0 saturated carbocycles. The Hall–Kier alpha value is -2.53. The molecule has 1 N–H and O–H groups in total. The summed E-state index contributed by atoms with van der Waals surface area (Å²) >= 11 is 0. The van der Waals surface area contributed by atoms with Crippen molar-refractivity contribution in [3.8, 4) is 11.5 Å². The molecule has 0 heterocycles. The van der Waals surface area contributed by atoms with Gasteiger partial charge in [-0.25, -0.2) is 4.79 Å². The lowest BCUT2D eigenvalue weighted by molar-refractivity contribution is -0.152. The van der Waals surface area contributed by atoms with Gasteiger partial charge in [0.25, 0.3) is 0 Å². The van der Waals surface area contributed by atoms with Gasteiger partial charge in [0.2, 0.25) is 0 Å². The summed E-state index contributed by atoms with van der Waals surface area (Å²) in [5.74, 6) is 0.179. The SMILES string of the molecule is Cc1ccc(COCCOC(=O)C(C)Oc2ccc(O)cc2)cc1. The van der Waals surface area contributed by atoms with Crippen molar-refractivity contribution in [3.05, 3.63) is 59.7 Å². The molecule has 1 unspecified atom stereocenters. The van der Waals surface area contributed by atoms with Gasteiger partial charge in [-0.3, -0.25) is 0 Å². The average Bonchev–Trinajstić information content (AvgIpc) is 2.58. The minimum absolute atomic E-state index is 0.142. The number of hydrogen-bond acceptors (Lipinski definition) is 5. The van der Waals surface area contributed by atoms with Crippen molar-refractivity contribution >= 4 is 5.97 Å². The summed E-state index contributed by atoms with van der Waals surface area (Å²) in [6.07, 6.45) is -0.730. The van der Waals surface area contributed by atoms with Crippen molar-refractivity contribution in [1.82, 2.24) is 0 Å². The van der Waals surface area contributed by atoms with Gasteiger partial charge in [0.1, 0.15) is 18.1 Å². The number of benzene rings is 2. The maximum Gasteiger partial charge on any atom is 0.347 e. The first-order valence-corrected chi connectivity index (χ1v) is 7.80. The van der Waals surface area contributed by atoms with Crippen LogP contribution in [0.1, 0.15) is 18.1 Å². The van der Waals surface area contributed by atoms with Gasteiger partial charge in [-0.15, -0.1) is 0 Å². The van der Waals surface area contributed by atoms with Crippen molar-refractivity contribution in [3.63, 3.8) is 0 Å². The lowest BCUT2D eigenvalue weighted by atomic mass is 10.2. The number of hydrogen-bond donors (Lipinski definition) is 1. The Labute approximate surface area is 141 Å². The Bertz CT molecular complexity index is 634. The fourth-order valence-corrected chi connectivity index (χ4v) is 1.97. The number of phenolic OH excluding ortho intramolecular Hbond substituents is 1. The minimum Gasteiger partial charge on any atom is -0.508 e. The average molecular weight is 330 g/mol. The summed E-state index contributed by atoms with van der Waals surface area (Å²) in [5, 5.41) is 9.20. The van der Waals surface area contributed by atoms with E-state index < -0.39 is 12.1 Å². The molecule has 5 heteroatoms. The minimum atomic E-state index is -0.730. The van der Waals surface area contributed by atoms with Gasteiger partial charge in [-0.1, -0.05) is 29.8 Å². The standard InChI is InChI=1S/C19H22O5/c1-14-3-5-16(6-4-14)13-22-11-12-23-19(21)15(2)24-18-9-7-17(20)8-10-18/h3-10,15,20H,11-13H2,1-2H3. The van der Waals surface area contributed by atoms with Gasteiger partial charge in [-0.05, 0) is 43.7 Å². The molecule has 0 aliphatic rings. The highest BCUT2D eigenvalue weighted by atomic mass is 16.6. The van der Waals surface area contributed by atoms with E-state index in [0.29, 0.717) is 19.0 Å². The second-order valence-corrected chi connectivity index (χ2v) is 5.46. The Morgan fingerprint density at radius 2 is 1.71 bits per heavy atom. The number of ether oxygens (including phenoxy) is 3. The number of aromatic hydroxyl groups is 1. The summed E-state index contributed by atoms with van der Waals surface area (Å²) < 4.78 is 16.0. The van der Waals surface area contributed by atoms with Crippen LogP contribution in [0.5, 0.6) is 11.5 Å². The summed E-state index contributed by atoms with van der Waals surface area (Å²) in [5.41, 5.74) is 2.28. The molecule has 0 aliphatic carbocycles. The Kier molecular flexibility index (Phi) is 6.63. The van der Waals surface area contributed by atoms with Crippen LogP contribution in [0.3, 0.4) is 0 Å². The molecule has 2 aromatic rings. The molecule has 0 radical (unpaired) electrons. The van der Waals surface area contributed by atoms with Gasteiger partial charge in [0, 0.05) is 0 Å². The zero-order valence-electron chi connectivity index (χ0n) is 13.9. The summed E-state index contributed by atoms with van der Waals surface area (Å²) in [7, 11) is 0. The summed E-state index contributed by atoms with van der Waals surface area (Å²) in [6.45, 7) is 4.63. The predicted octanol–water partition coefficient (Wildman–Crippen LogP) is 3.23. The maximum absolute atomic E-state index is 11.8. The van der Waals surface area contributed by atoms with Crippen molar-refractivity contribution < 1.29 is 24.1 Å². The van der Waals surface area contributed by atoms with Crippen molar-refractivity contribution in [2.75, 3.05) is 13.2 Å². The monoisotopic (exact) mass is 330 g/mol. The van der Waals surface area contributed by atoms with Gasteiger partial charge < -0.3 is 19.3 Å². The zero-order chi connectivity index (χ0) is 17.4. The van der Waals surface area contributed by atoms with E-state index in [4.69, 9.17) is 14.2 Å². The number of esters is 1. The van der Waals surface area contributed by atoms with Crippen LogP contribution in [-0.2, 0) is 20.9 Å². The van der Waals surface area contributed by atoms with E-state index in [0.717, 1.165) is 5.56 Å². The van der Waals surface area contributed by atoms with Crippen LogP contribution in [0.4, 0.5) is 0 Å². The second-order valence-electron chi connectivity index (χ2n) is 5.46. The summed E-state index contributed by atoms with van der Waals surface area (Å²) in [6, 6.07) is 14.2. The van der Waals surface area contributed by atoms with E-state index in [1.807, 2.05) is 31.2 Å². The molecule has 0 spiro atoms. The van der Waals surface area contributed by atoms with Gasteiger partial charge in [-0.2, -0.15) is 0 Å². The van der Waals surface area contributed by atoms with Gasteiger partial charge >= 0.3 is 5.97 Å². The molecule has 2 rings (SSSR count). The van der Waals surface area contributed by atoms with Crippen LogP contribution in [0, 0.1) is 6.92 Å². The molecule has 0 amide bonds. The van der Waals surface area contributed by atoms with Crippen LogP contribution >= 0.6 is 0 Å². The van der Waals surface area contributed by atoms with Crippen molar-refractivity contribution in [2.24, 2.45) is 0 Å². The van der Waals surface area contributed by atoms with E-state index in [-0.39, 0.29) is 12.4 Å². The molecule has 0 saturated heterocycles. The normalized spacial score (nSPS) is 11.8. The number of carbonyl (C=O) groups is 1. The van der Waals surface area contributed by atoms with Gasteiger partial charge in [0.05, 0.1) is 13.2 Å². The van der Waals surface area contributed by atoms with Crippen molar-refractivity contribution in [2.45, 2.75) is 26.6 Å². The van der Waals surface area contributed by atoms with Crippen LogP contribution in [0.15, 0.2) is 48.5 Å². The van der Waals surface area contributed by atoms with E-state index >= 15 is 0 Å². The number of rotatable bonds is 8. The lowest BCUT2D eigenvalue weighted by Crippen LogP contribution is -2.27. The zero-order valence-corrected chi connectivity index (χ0v) is 13.9. The molecule has 24 heavy (non-hydrogen) atoms. The topological polar surface area (TPSA) is 65.0 Å². The third-order valence-corrected chi connectivity index (χ3v) is 3.34. The van der Waals surface area contributed by atoms with E-state index in [1.54, 1.807) is 19.1 Å². The highest BCUT2D eigenvalue weighted by Crippen LogP contribution is 2.17. The van der Waals surface area contributed by atoms with Crippen LogP contribution in [0.25, 0.3) is 0 Å². The first kappa shape index (κ1) is 17.8. The summed E-state index contributed by atoms with van der Waals surface area (Å²) in [4.78, 5) is 11.8. The van der Waals surface area contributed by atoms with Crippen LogP contribution in [0.2, 0.25) is 0 Å². The molecule has 0 aromatic heterocycles. The Morgan fingerprint density at radius 3 is 2.38 bits per heavy atom. The second kappa shape index (κ2) is 8.93. The fraction of sp³-hybridized carbons (Fsp3) is 0.316. The maximum atomic E-state index is 11.8. The number of aryl methyl sites for hydroxylation is 1. The van der Waals surface area contributed by atoms with Crippen molar-refractivity contribution in [1.29, 1.82) is 0 Å². The molecular formula is C19H22O5. The number of carbonyl (C=O) groups excluding carboxylic acids is 1. The Balaban J connectivity index is 1.63. The molecule has 0 bridgehead atoms. The third kappa shape index (κ3) is 5.93. The smallest absolute Gasteiger partial charge is 0.347 e. The highest BCUT2D eigenvalue weighted by Gasteiger charge is 2.16. The lowest BCUT2D eigenvalue weighted by Gasteiger charge is -2.14. The molecule has 2 aromatic carbocycles. The first-order chi connectivity index (χ1) is 11.5. The largest absolute Gasteiger partial charge is 0.508 e. The molecular weight excluding hydrogens is 308 g/mol. The highest BCUT2D eigenvalue weighted by molar-refractivity contribution is 5.74. The third-order valence-electron chi connectivity index (χ3n) is 3.34. The molecule has 0 fully saturated rings. The van der Waals surface area contributed by atoms with E-state index in [9.17, 15) is 9.90 Å². The van der Waals surface area contributed by atoms with Crippen LogP contribution in [-0.4, -0.2) is 30.4 Å². The predicted molar refractivity (Wildman–Crippen MR) is 90.0 cm³/mol. The molecule has 128 valence electrons. The fourth-order valence-electron chi connectivity index (χ4n) is 1.97. The quantitative estimate of drug-likeness (QED) is 0.595. The van der Waals surface area contributed by atoms with E-state index in [1.165, 1.54) is 17.7 Å². The van der Waals surface area contributed by atoms with Crippen LogP contribution < -0.4 is 4.74 Å². The number of phenols is 1. The first-order valence-electron chi connectivity index (χ1n) is 7.80. The van der Waals surface area contributed by atoms with E-state index in [2.05, 4.69) is 0 Å². The molecule has 1 atom stereocenters. The molecule has 5 nitrogen and oxygen atoms in total. The van der Waals surface area contributed by atoms with Gasteiger partial charge in [0.15, 0.2) is 6.10 Å².